The molecule has 4 heteroatoms. The van der Waals surface area contributed by atoms with Gasteiger partial charge in [0.15, 0.2) is 0 Å². The lowest BCUT2D eigenvalue weighted by Gasteiger charge is -2.33. The van der Waals surface area contributed by atoms with Gasteiger partial charge in [-0.1, -0.05) is 26.8 Å². The molecule has 1 rings (SSSR count). The van der Waals surface area contributed by atoms with Crippen molar-refractivity contribution in [1.29, 1.82) is 0 Å². The van der Waals surface area contributed by atoms with E-state index in [4.69, 9.17) is 0 Å². The third kappa shape index (κ3) is 5.42. The first-order valence-electron chi connectivity index (χ1n) is 6.04. The first-order valence-corrected chi connectivity index (χ1v) is 7.80. The average molecular weight is 273 g/mol. The molecule has 0 aliphatic carbocycles. The monoisotopic (exact) mass is 273 g/mol. The van der Waals surface area contributed by atoms with Gasteiger partial charge in [0, 0.05) is 16.8 Å². The molecule has 17 heavy (non-hydrogen) atoms. The molecule has 0 saturated carbocycles. The van der Waals surface area contributed by atoms with E-state index in [-0.39, 0.29) is 12.1 Å². The topological polar surface area (TPSA) is 32.3 Å². The lowest BCUT2D eigenvalue weighted by Crippen LogP contribution is -2.50. The molecule has 2 N–H and O–H groups in total. The molecule has 0 saturated heterocycles. The van der Waals surface area contributed by atoms with Gasteiger partial charge in [0.05, 0.1) is 10.8 Å². The summed E-state index contributed by atoms with van der Waals surface area (Å²) in [5, 5.41) is 15.6. The van der Waals surface area contributed by atoms with Crippen LogP contribution in [0.4, 0.5) is 0 Å². The van der Waals surface area contributed by atoms with E-state index >= 15 is 0 Å². The van der Waals surface area contributed by atoms with Crippen LogP contribution < -0.4 is 5.32 Å². The number of aliphatic hydroxyl groups is 1. The molecule has 1 aromatic rings. The van der Waals surface area contributed by atoms with Crippen molar-refractivity contribution in [1.82, 2.24) is 5.32 Å². The van der Waals surface area contributed by atoms with Crippen LogP contribution >= 0.6 is 23.1 Å². The molecule has 0 radical (unpaired) electrons. The Morgan fingerprint density at radius 2 is 2.18 bits per heavy atom. The summed E-state index contributed by atoms with van der Waals surface area (Å²) < 4.78 is 1.35. The number of thioether (sulfide) groups is 1. The highest BCUT2D eigenvalue weighted by atomic mass is 32.2. The molecule has 0 aliphatic rings. The highest BCUT2D eigenvalue weighted by Gasteiger charge is 2.26. The lowest BCUT2D eigenvalue weighted by atomic mass is 9.96. The Morgan fingerprint density at radius 3 is 2.65 bits per heavy atom. The van der Waals surface area contributed by atoms with Crippen molar-refractivity contribution in [3.63, 3.8) is 0 Å². The zero-order chi connectivity index (χ0) is 12.9. The highest BCUT2D eigenvalue weighted by Crippen LogP contribution is 2.31. The molecule has 0 fully saturated rings. The fourth-order valence-electron chi connectivity index (χ4n) is 2.07. The van der Waals surface area contributed by atoms with E-state index in [0.717, 1.165) is 6.42 Å². The van der Waals surface area contributed by atoms with E-state index in [1.54, 1.807) is 11.3 Å². The van der Waals surface area contributed by atoms with Gasteiger partial charge in [0.2, 0.25) is 0 Å². The number of nitrogens with one attached hydrogen (secondary N) is 1. The number of thiophene rings is 1. The quantitative estimate of drug-likeness (QED) is 0.747. The average Bonchev–Trinajstić information content (AvgIpc) is 2.68. The third-order valence-electron chi connectivity index (χ3n) is 2.54. The van der Waals surface area contributed by atoms with Crippen molar-refractivity contribution in [2.45, 2.75) is 55.2 Å². The van der Waals surface area contributed by atoms with Gasteiger partial charge in [-0.15, -0.1) is 23.1 Å². The standard InChI is InChI=1S/C13H23NOS2/c1-10(2)14-13(4,9-15)8-11(3)17-12-6-5-7-16-12/h5-7,10-11,14-15H,8-9H2,1-4H3. The summed E-state index contributed by atoms with van der Waals surface area (Å²) >= 11 is 3.67. The molecule has 98 valence electrons. The molecule has 2 nitrogen and oxygen atoms in total. The zero-order valence-electron chi connectivity index (χ0n) is 11.1. The van der Waals surface area contributed by atoms with Gasteiger partial charge in [-0.2, -0.15) is 0 Å². The van der Waals surface area contributed by atoms with Gasteiger partial charge < -0.3 is 10.4 Å². The summed E-state index contributed by atoms with van der Waals surface area (Å²) in [6.45, 7) is 8.73. The minimum Gasteiger partial charge on any atom is -0.394 e. The van der Waals surface area contributed by atoms with E-state index in [2.05, 4.69) is 50.5 Å². The van der Waals surface area contributed by atoms with Crippen molar-refractivity contribution < 1.29 is 5.11 Å². The molecular formula is C13H23NOS2. The second-order valence-electron chi connectivity index (χ2n) is 5.08. The Hall–Kier alpha value is -0.0300. The van der Waals surface area contributed by atoms with Crippen molar-refractivity contribution in [3.8, 4) is 0 Å². The van der Waals surface area contributed by atoms with E-state index in [9.17, 15) is 5.11 Å². The molecule has 0 spiro atoms. The Morgan fingerprint density at radius 1 is 1.47 bits per heavy atom. The summed E-state index contributed by atoms with van der Waals surface area (Å²) in [5.41, 5.74) is -0.183. The number of rotatable bonds is 7. The second-order valence-corrected chi connectivity index (χ2v) is 7.77. The van der Waals surface area contributed by atoms with Crippen molar-refractivity contribution in [2.75, 3.05) is 6.61 Å². The fraction of sp³-hybridized carbons (Fsp3) is 0.692. The third-order valence-corrected chi connectivity index (χ3v) is 4.71. The zero-order valence-corrected chi connectivity index (χ0v) is 12.7. The second kappa shape index (κ2) is 6.78. The smallest absolute Gasteiger partial charge is 0.0611 e. The summed E-state index contributed by atoms with van der Waals surface area (Å²) in [6, 6.07) is 4.63. The Bertz CT molecular complexity index is 313. The molecule has 0 aliphatic heterocycles. The molecule has 0 aromatic carbocycles. The number of hydrogen-bond acceptors (Lipinski definition) is 4. The summed E-state index contributed by atoms with van der Waals surface area (Å²) in [6.07, 6.45) is 0.963. The van der Waals surface area contributed by atoms with Crippen LogP contribution in [0.25, 0.3) is 0 Å². The summed E-state index contributed by atoms with van der Waals surface area (Å²) in [7, 11) is 0. The van der Waals surface area contributed by atoms with Crippen LogP contribution in [0.5, 0.6) is 0 Å². The Labute approximate surface area is 113 Å². The first-order chi connectivity index (χ1) is 7.95. The maximum atomic E-state index is 9.54. The molecule has 1 aromatic heterocycles. The fourth-order valence-corrected chi connectivity index (χ4v) is 4.41. The van der Waals surface area contributed by atoms with Crippen LogP contribution in [0.1, 0.15) is 34.1 Å². The lowest BCUT2D eigenvalue weighted by molar-refractivity contribution is 0.157. The highest BCUT2D eigenvalue weighted by molar-refractivity contribution is 8.01. The minimum absolute atomic E-state index is 0.181. The Kier molecular flexibility index (Phi) is 6.00. The number of aliphatic hydroxyl groups excluding tert-OH is 1. The van der Waals surface area contributed by atoms with Crippen molar-refractivity contribution >= 4 is 23.1 Å². The van der Waals surface area contributed by atoms with E-state index in [0.29, 0.717) is 11.3 Å². The van der Waals surface area contributed by atoms with Gasteiger partial charge in [-0.05, 0) is 24.8 Å². The van der Waals surface area contributed by atoms with Crippen molar-refractivity contribution in [3.05, 3.63) is 17.5 Å². The largest absolute Gasteiger partial charge is 0.394 e. The minimum atomic E-state index is -0.183. The molecule has 2 unspecified atom stereocenters. The van der Waals surface area contributed by atoms with Crippen LogP contribution in [-0.2, 0) is 0 Å². The van der Waals surface area contributed by atoms with Crippen LogP contribution in [-0.4, -0.2) is 28.5 Å². The van der Waals surface area contributed by atoms with Crippen molar-refractivity contribution in [2.24, 2.45) is 0 Å². The molecule has 2 atom stereocenters. The van der Waals surface area contributed by atoms with Crippen LogP contribution in [0, 0.1) is 0 Å². The van der Waals surface area contributed by atoms with E-state index in [1.165, 1.54) is 4.21 Å². The van der Waals surface area contributed by atoms with Gasteiger partial charge in [0.1, 0.15) is 0 Å². The van der Waals surface area contributed by atoms with Gasteiger partial charge in [-0.25, -0.2) is 0 Å². The van der Waals surface area contributed by atoms with Crippen LogP contribution in [0.3, 0.4) is 0 Å². The molecule has 0 amide bonds. The van der Waals surface area contributed by atoms with E-state index in [1.807, 2.05) is 11.8 Å². The predicted molar refractivity (Wildman–Crippen MR) is 78.0 cm³/mol. The summed E-state index contributed by atoms with van der Waals surface area (Å²) in [5.74, 6) is 0. The molecular weight excluding hydrogens is 250 g/mol. The van der Waals surface area contributed by atoms with Crippen LogP contribution in [0.2, 0.25) is 0 Å². The first kappa shape index (κ1) is 15.0. The molecule has 0 bridgehead atoms. The van der Waals surface area contributed by atoms with E-state index < -0.39 is 0 Å². The van der Waals surface area contributed by atoms with Crippen LogP contribution in [0.15, 0.2) is 21.7 Å². The summed E-state index contributed by atoms with van der Waals surface area (Å²) in [4.78, 5) is 0. The molecule has 1 heterocycles. The number of hydrogen-bond donors (Lipinski definition) is 2. The van der Waals surface area contributed by atoms with Gasteiger partial charge in [0.25, 0.3) is 0 Å². The van der Waals surface area contributed by atoms with Gasteiger partial charge >= 0.3 is 0 Å². The SMILES string of the molecule is CC(C)NC(C)(CO)CC(C)Sc1cccs1. The Balaban J connectivity index is 2.49. The van der Waals surface area contributed by atoms with Gasteiger partial charge in [-0.3, -0.25) is 0 Å². The maximum absolute atomic E-state index is 9.54. The normalized spacial score (nSPS) is 17.1. The maximum Gasteiger partial charge on any atom is 0.0611 e. The predicted octanol–water partition coefficient (Wildman–Crippen LogP) is 3.37.